The molecule has 5 nitrogen and oxygen atoms in total. The fraction of sp³-hybridized carbons (Fsp3) is 0.250. The monoisotopic (exact) mass is 283 g/mol. The van der Waals surface area contributed by atoms with Crippen LogP contribution in [0.3, 0.4) is 0 Å². The highest BCUT2D eigenvalue weighted by Crippen LogP contribution is 2.11. The molecule has 0 aliphatic carbocycles. The molecular formula is C16H17N3O2. The molecule has 2 amide bonds. The lowest BCUT2D eigenvalue weighted by molar-refractivity contribution is 0.0535. The van der Waals surface area contributed by atoms with Crippen LogP contribution in [0.15, 0.2) is 48.8 Å². The number of amides is 2. The number of nitrogens with one attached hydrogen (secondary N) is 1. The molecular weight excluding hydrogens is 266 g/mol. The molecule has 0 radical (unpaired) electrons. The smallest absolute Gasteiger partial charge is 0.255 e. The van der Waals surface area contributed by atoms with E-state index in [-0.39, 0.29) is 11.8 Å². The van der Waals surface area contributed by atoms with Gasteiger partial charge in [0.2, 0.25) is 0 Å². The van der Waals surface area contributed by atoms with Crippen molar-refractivity contribution in [3.05, 3.63) is 59.9 Å². The van der Waals surface area contributed by atoms with Gasteiger partial charge >= 0.3 is 0 Å². The van der Waals surface area contributed by atoms with Crippen molar-refractivity contribution in [2.75, 3.05) is 26.2 Å². The molecule has 0 saturated carbocycles. The number of benzene rings is 1. The van der Waals surface area contributed by atoms with Crippen LogP contribution < -0.4 is 0 Å². The number of piperazine rings is 1. The summed E-state index contributed by atoms with van der Waals surface area (Å²) in [5, 5.41) is 0. The number of hydrogen-bond acceptors (Lipinski definition) is 2. The molecule has 1 saturated heterocycles. The lowest BCUT2D eigenvalue weighted by Gasteiger charge is -2.34. The summed E-state index contributed by atoms with van der Waals surface area (Å²) >= 11 is 0. The molecule has 0 bridgehead atoms. The Morgan fingerprint density at radius 3 is 1.90 bits per heavy atom. The Labute approximate surface area is 123 Å². The fourth-order valence-corrected chi connectivity index (χ4v) is 2.52. The average molecular weight is 283 g/mol. The van der Waals surface area contributed by atoms with Gasteiger partial charge in [-0.05, 0) is 18.2 Å². The lowest BCUT2D eigenvalue weighted by Crippen LogP contribution is -2.50. The standard InChI is InChI=1S/C16H17N3O2/c20-15(13-4-2-1-3-5-13)18-8-10-19(11-9-18)16(21)14-6-7-17-12-14/h1-7,12,17H,8-11H2. The number of rotatable bonds is 2. The molecule has 1 aliphatic rings. The summed E-state index contributed by atoms with van der Waals surface area (Å²) in [4.78, 5) is 31.0. The van der Waals surface area contributed by atoms with E-state index >= 15 is 0 Å². The Balaban J connectivity index is 1.60. The Kier molecular flexibility index (Phi) is 3.73. The number of aromatic nitrogens is 1. The Hall–Kier alpha value is -2.56. The van der Waals surface area contributed by atoms with Crippen molar-refractivity contribution in [3.63, 3.8) is 0 Å². The molecule has 5 heteroatoms. The molecule has 108 valence electrons. The summed E-state index contributed by atoms with van der Waals surface area (Å²) in [7, 11) is 0. The second kappa shape index (κ2) is 5.83. The Bertz CT molecular complexity index is 614. The first kappa shape index (κ1) is 13.4. The zero-order chi connectivity index (χ0) is 14.7. The first-order valence-corrected chi connectivity index (χ1v) is 7.02. The van der Waals surface area contributed by atoms with Crippen molar-refractivity contribution in [2.45, 2.75) is 0 Å². The van der Waals surface area contributed by atoms with E-state index in [1.165, 1.54) is 0 Å². The number of H-pyrrole nitrogens is 1. The van der Waals surface area contributed by atoms with Crippen molar-refractivity contribution in [1.29, 1.82) is 0 Å². The highest BCUT2D eigenvalue weighted by molar-refractivity contribution is 5.95. The van der Waals surface area contributed by atoms with Crippen LogP contribution in [0.4, 0.5) is 0 Å². The van der Waals surface area contributed by atoms with Gasteiger partial charge in [0.15, 0.2) is 0 Å². The van der Waals surface area contributed by atoms with Gasteiger partial charge in [-0.2, -0.15) is 0 Å². The molecule has 3 rings (SSSR count). The summed E-state index contributed by atoms with van der Waals surface area (Å²) in [5.74, 6) is 0.0485. The topological polar surface area (TPSA) is 56.4 Å². The van der Waals surface area contributed by atoms with Crippen molar-refractivity contribution in [2.24, 2.45) is 0 Å². The van der Waals surface area contributed by atoms with Crippen molar-refractivity contribution < 1.29 is 9.59 Å². The van der Waals surface area contributed by atoms with Gasteiger partial charge < -0.3 is 14.8 Å². The highest BCUT2D eigenvalue weighted by Gasteiger charge is 2.25. The molecule has 1 fully saturated rings. The van der Waals surface area contributed by atoms with Gasteiger partial charge in [-0.3, -0.25) is 9.59 Å². The minimum atomic E-state index is 0.0167. The van der Waals surface area contributed by atoms with Crippen LogP contribution in [0.2, 0.25) is 0 Å². The maximum absolute atomic E-state index is 12.3. The van der Waals surface area contributed by atoms with Crippen LogP contribution in [0, 0.1) is 0 Å². The first-order chi connectivity index (χ1) is 10.3. The molecule has 2 aromatic rings. The molecule has 0 atom stereocenters. The number of carbonyl (C=O) groups excluding carboxylic acids is 2. The van der Waals surface area contributed by atoms with E-state index in [9.17, 15) is 9.59 Å². The first-order valence-electron chi connectivity index (χ1n) is 7.02. The maximum atomic E-state index is 12.3. The van der Waals surface area contributed by atoms with Gasteiger partial charge in [0, 0.05) is 44.1 Å². The van der Waals surface area contributed by atoms with Crippen LogP contribution in [0.5, 0.6) is 0 Å². The molecule has 1 aromatic heterocycles. The summed E-state index contributed by atoms with van der Waals surface area (Å²) in [5.41, 5.74) is 1.36. The summed E-state index contributed by atoms with van der Waals surface area (Å²) in [6.45, 7) is 2.29. The summed E-state index contributed by atoms with van der Waals surface area (Å²) in [6, 6.07) is 11.0. The minimum absolute atomic E-state index is 0.0167. The van der Waals surface area contributed by atoms with Gasteiger partial charge in [-0.1, -0.05) is 18.2 Å². The summed E-state index contributed by atoms with van der Waals surface area (Å²) < 4.78 is 0. The van der Waals surface area contributed by atoms with Crippen molar-refractivity contribution in [3.8, 4) is 0 Å². The molecule has 0 spiro atoms. The van der Waals surface area contributed by atoms with Gasteiger partial charge in [-0.15, -0.1) is 0 Å². The highest BCUT2D eigenvalue weighted by atomic mass is 16.2. The van der Waals surface area contributed by atoms with Crippen molar-refractivity contribution >= 4 is 11.8 Å². The number of carbonyl (C=O) groups is 2. The third kappa shape index (κ3) is 2.81. The van der Waals surface area contributed by atoms with E-state index in [1.54, 1.807) is 28.3 Å². The number of aromatic amines is 1. The zero-order valence-electron chi connectivity index (χ0n) is 11.7. The van der Waals surface area contributed by atoms with Crippen LogP contribution in [0.1, 0.15) is 20.7 Å². The lowest BCUT2D eigenvalue weighted by atomic mass is 10.1. The normalized spacial score (nSPS) is 15.0. The number of nitrogens with zero attached hydrogens (tertiary/aromatic N) is 2. The van der Waals surface area contributed by atoms with E-state index in [2.05, 4.69) is 4.98 Å². The van der Waals surface area contributed by atoms with E-state index in [0.29, 0.717) is 37.3 Å². The third-order valence-electron chi connectivity index (χ3n) is 3.72. The molecule has 1 aromatic carbocycles. The molecule has 2 heterocycles. The van der Waals surface area contributed by atoms with E-state index < -0.39 is 0 Å². The number of hydrogen-bond donors (Lipinski definition) is 1. The second-order valence-electron chi connectivity index (χ2n) is 5.05. The molecule has 21 heavy (non-hydrogen) atoms. The summed E-state index contributed by atoms with van der Waals surface area (Å²) in [6.07, 6.45) is 3.44. The third-order valence-corrected chi connectivity index (χ3v) is 3.72. The van der Waals surface area contributed by atoms with Gasteiger partial charge in [0.05, 0.1) is 5.56 Å². The van der Waals surface area contributed by atoms with Crippen molar-refractivity contribution in [1.82, 2.24) is 14.8 Å². The predicted molar refractivity (Wildman–Crippen MR) is 79.0 cm³/mol. The van der Waals surface area contributed by atoms with Gasteiger partial charge in [-0.25, -0.2) is 0 Å². The van der Waals surface area contributed by atoms with Crippen LogP contribution in [0.25, 0.3) is 0 Å². The Morgan fingerprint density at radius 1 is 0.810 bits per heavy atom. The van der Waals surface area contributed by atoms with E-state index in [4.69, 9.17) is 0 Å². The van der Waals surface area contributed by atoms with Crippen LogP contribution >= 0.6 is 0 Å². The Morgan fingerprint density at radius 2 is 1.38 bits per heavy atom. The molecule has 1 aliphatic heterocycles. The largest absolute Gasteiger partial charge is 0.367 e. The van der Waals surface area contributed by atoms with Crippen LogP contribution in [-0.2, 0) is 0 Å². The maximum Gasteiger partial charge on any atom is 0.255 e. The zero-order valence-corrected chi connectivity index (χ0v) is 11.7. The van der Waals surface area contributed by atoms with Crippen LogP contribution in [-0.4, -0.2) is 52.8 Å². The minimum Gasteiger partial charge on any atom is -0.367 e. The van der Waals surface area contributed by atoms with E-state index in [0.717, 1.165) is 0 Å². The van der Waals surface area contributed by atoms with Gasteiger partial charge in [0.25, 0.3) is 11.8 Å². The molecule has 0 unspecified atom stereocenters. The fourth-order valence-electron chi connectivity index (χ4n) is 2.52. The quantitative estimate of drug-likeness (QED) is 0.910. The molecule has 1 N–H and O–H groups in total. The second-order valence-corrected chi connectivity index (χ2v) is 5.05. The SMILES string of the molecule is O=C(c1ccccc1)N1CCN(C(=O)c2cc[nH]c2)CC1. The van der Waals surface area contributed by atoms with E-state index in [1.807, 2.05) is 30.3 Å². The predicted octanol–water partition coefficient (Wildman–Crippen LogP) is 1.61. The average Bonchev–Trinajstić information content (AvgIpc) is 3.09. The van der Waals surface area contributed by atoms with Gasteiger partial charge in [0.1, 0.15) is 0 Å².